The van der Waals surface area contributed by atoms with Gasteiger partial charge in [0.15, 0.2) is 0 Å². The van der Waals surface area contributed by atoms with Gasteiger partial charge in [0, 0.05) is 32.3 Å². The highest BCUT2D eigenvalue weighted by Crippen LogP contribution is 2.45. The Labute approximate surface area is 166 Å². The van der Waals surface area contributed by atoms with Crippen molar-refractivity contribution in [1.29, 1.82) is 0 Å². The molecule has 3 aromatic heterocycles. The topological polar surface area (TPSA) is 47.4 Å². The first-order valence-corrected chi connectivity index (χ1v) is 9.55. The van der Waals surface area contributed by atoms with Crippen molar-refractivity contribution < 1.29 is 13.2 Å². The van der Waals surface area contributed by atoms with E-state index in [9.17, 15) is 13.2 Å². The van der Waals surface area contributed by atoms with E-state index in [0.29, 0.717) is 49.3 Å². The molecule has 144 valence electrons. The lowest BCUT2D eigenvalue weighted by Crippen LogP contribution is -1.77. The lowest BCUT2D eigenvalue weighted by Gasteiger charge is -2.01. The quantitative estimate of drug-likeness (QED) is 0.246. The summed E-state index contributed by atoms with van der Waals surface area (Å²) in [6.07, 6.45) is 0. The van der Waals surface area contributed by atoms with Crippen LogP contribution < -0.4 is 0 Å². The third kappa shape index (κ3) is 1.73. The maximum Gasteiger partial charge on any atom is 0.147 e. The second-order valence-electron chi connectivity index (χ2n) is 7.61. The van der Waals surface area contributed by atoms with Crippen LogP contribution in [0.25, 0.3) is 65.4 Å². The van der Waals surface area contributed by atoms with E-state index >= 15 is 0 Å². The van der Waals surface area contributed by atoms with E-state index in [1.807, 2.05) is 18.2 Å². The Kier molecular flexibility index (Phi) is 2.74. The van der Waals surface area contributed by atoms with Gasteiger partial charge in [-0.2, -0.15) is 0 Å². The van der Waals surface area contributed by atoms with E-state index in [1.165, 1.54) is 18.2 Å². The minimum atomic E-state index is -0.380. The zero-order chi connectivity index (χ0) is 20.1. The molecule has 4 aromatic carbocycles. The van der Waals surface area contributed by atoms with Gasteiger partial charge in [-0.25, -0.2) is 13.2 Å². The molecule has 6 heteroatoms. The van der Waals surface area contributed by atoms with Gasteiger partial charge in [0.1, 0.15) is 17.5 Å². The predicted molar refractivity (Wildman–Crippen MR) is 114 cm³/mol. The summed E-state index contributed by atoms with van der Waals surface area (Å²) < 4.78 is 43.9. The van der Waals surface area contributed by atoms with E-state index in [4.69, 9.17) is 0 Å². The summed E-state index contributed by atoms with van der Waals surface area (Å²) in [7, 11) is 0. The van der Waals surface area contributed by atoms with Crippen molar-refractivity contribution in [1.82, 2.24) is 15.0 Å². The highest BCUT2D eigenvalue weighted by Gasteiger charge is 2.22. The summed E-state index contributed by atoms with van der Waals surface area (Å²) in [5.41, 5.74) is 3.11. The van der Waals surface area contributed by atoms with Crippen LogP contribution >= 0.6 is 0 Å². The minimum absolute atomic E-state index is 0.361. The summed E-state index contributed by atoms with van der Waals surface area (Å²) in [6, 6.07) is 14.7. The Morgan fingerprint density at radius 2 is 0.767 bits per heavy atom. The highest BCUT2D eigenvalue weighted by molar-refractivity contribution is 6.39. The molecule has 7 aromatic rings. The molecule has 0 bridgehead atoms. The number of para-hydroxylation sites is 3. The van der Waals surface area contributed by atoms with Crippen LogP contribution in [-0.2, 0) is 0 Å². The van der Waals surface area contributed by atoms with Crippen molar-refractivity contribution in [2.45, 2.75) is 0 Å². The van der Waals surface area contributed by atoms with Crippen LogP contribution in [0.3, 0.4) is 0 Å². The molecule has 30 heavy (non-hydrogen) atoms. The molecule has 0 aliphatic rings. The normalized spacial score (nSPS) is 12.5. The van der Waals surface area contributed by atoms with Crippen LogP contribution in [0.4, 0.5) is 13.2 Å². The molecule has 0 spiro atoms. The third-order valence-corrected chi connectivity index (χ3v) is 6.10. The number of aromatic amines is 3. The molecule has 3 N–H and O–H groups in total. The monoisotopic (exact) mass is 399 g/mol. The molecular formula is C24H12F3N3. The Bertz CT molecular complexity index is 1840. The molecule has 3 heterocycles. The Morgan fingerprint density at radius 1 is 0.400 bits per heavy atom. The lowest BCUT2D eigenvalue weighted by molar-refractivity contribution is 0.637. The first kappa shape index (κ1) is 15.9. The van der Waals surface area contributed by atoms with Crippen LogP contribution in [0.2, 0.25) is 0 Å². The number of halogens is 3. The highest BCUT2D eigenvalue weighted by atomic mass is 19.1. The average molecular weight is 399 g/mol. The number of rotatable bonds is 0. The SMILES string of the molecule is Fc1cccc2c1[nH]c1c3[nH]c4c(F)cccc4c3c3c4cccc(F)c4[nH]c3c21. The second-order valence-corrected chi connectivity index (χ2v) is 7.61. The first-order valence-electron chi connectivity index (χ1n) is 9.55. The molecule has 3 nitrogen and oxygen atoms in total. The fraction of sp³-hybridized carbons (Fsp3) is 0. The number of benzene rings is 4. The first-order chi connectivity index (χ1) is 14.6. The van der Waals surface area contributed by atoms with Crippen LogP contribution in [0, 0.1) is 17.5 Å². The fourth-order valence-electron chi connectivity index (χ4n) is 4.89. The molecule has 0 saturated carbocycles. The molecule has 0 fully saturated rings. The van der Waals surface area contributed by atoms with Crippen molar-refractivity contribution >= 4 is 65.4 Å². The molecule has 0 aliphatic heterocycles. The zero-order valence-electron chi connectivity index (χ0n) is 15.3. The smallest absolute Gasteiger partial charge is 0.147 e. The molecule has 0 atom stereocenters. The minimum Gasteiger partial charge on any atom is -0.352 e. The van der Waals surface area contributed by atoms with Gasteiger partial charge in [-0.3, -0.25) is 0 Å². The van der Waals surface area contributed by atoms with Crippen molar-refractivity contribution in [2.75, 3.05) is 0 Å². The number of hydrogen-bond acceptors (Lipinski definition) is 0. The summed E-state index contributed by atoms with van der Waals surface area (Å²) in [4.78, 5) is 9.60. The van der Waals surface area contributed by atoms with E-state index in [2.05, 4.69) is 15.0 Å². The van der Waals surface area contributed by atoms with Gasteiger partial charge >= 0.3 is 0 Å². The van der Waals surface area contributed by atoms with Gasteiger partial charge in [-0.15, -0.1) is 0 Å². The summed E-state index contributed by atoms with van der Waals surface area (Å²) in [5, 5.41) is 4.39. The number of H-pyrrole nitrogens is 3. The second kappa shape index (κ2) is 5.16. The molecule has 0 unspecified atom stereocenters. The number of hydrogen-bond donors (Lipinski definition) is 3. The van der Waals surface area contributed by atoms with E-state index < -0.39 is 0 Å². The average Bonchev–Trinajstić information content (AvgIpc) is 3.41. The van der Waals surface area contributed by atoms with Gasteiger partial charge < -0.3 is 15.0 Å². The Hall–Kier alpha value is -3.93. The van der Waals surface area contributed by atoms with Crippen LogP contribution in [0.15, 0.2) is 54.6 Å². The standard InChI is InChI=1S/C24H12F3N3/c25-13-7-1-4-10-16-17-11-5-2-8-14(26)20(11)29-23(17)24-18(22(16)28-19(10)13)12-6-3-9-15(27)21(12)30-24/h1-9,28-30H. The predicted octanol–water partition coefficient (Wildman–Crippen LogP) is 7.01. The largest absolute Gasteiger partial charge is 0.352 e. The summed E-state index contributed by atoms with van der Waals surface area (Å²) >= 11 is 0. The number of fused-ring (bicyclic) bond motifs is 12. The van der Waals surface area contributed by atoms with Crippen molar-refractivity contribution in [2.24, 2.45) is 0 Å². The van der Waals surface area contributed by atoms with Gasteiger partial charge in [-0.1, -0.05) is 36.4 Å². The van der Waals surface area contributed by atoms with E-state index in [1.54, 1.807) is 18.2 Å². The van der Waals surface area contributed by atoms with Gasteiger partial charge in [0.05, 0.1) is 33.1 Å². The van der Waals surface area contributed by atoms with E-state index in [0.717, 1.165) is 16.2 Å². The molecule has 0 saturated heterocycles. The van der Waals surface area contributed by atoms with Crippen molar-refractivity contribution in [3.63, 3.8) is 0 Å². The van der Waals surface area contributed by atoms with Gasteiger partial charge in [0.2, 0.25) is 0 Å². The van der Waals surface area contributed by atoms with Crippen LogP contribution in [-0.4, -0.2) is 15.0 Å². The van der Waals surface area contributed by atoms with Crippen molar-refractivity contribution in [3.05, 3.63) is 72.0 Å². The number of nitrogens with one attached hydrogen (secondary N) is 3. The maximum atomic E-state index is 14.7. The summed E-state index contributed by atoms with van der Waals surface area (Å²) in [5.74, 6) is -1.13. The molecule has 7 rings (SSSR count). The molecule has 0 aliphatic carbocycles. The summed E-state index contributed by atoms with van der Waals surface area (Å²) in [6.45, 7) is 0. The Morgan fingerprint density at radius 3 is 1.27 bits per heavy atom. The molecular weight excluding hydrogens is 387 g/mol. The van der Waals surface area contributed by atoms with Gasteiger partial charge in [-0.05, 0) is 18.2 Å². The zero-order valence-corrected chi connectivity index (χ0v) is 15.3. The van der Waals surface area contributed by atoms with Crippen LogP contribution in [0.5, 0.6) is 0 Å². The third-order valence-electron chi connectivity index (χ3n) is 6.10. The van der Waals surface area contributed by atoms with Gasteiger partial charge in [0.25, 0.3) is 0 Å². The molecule has 0 amide bonds. The lowest BCUT2D eigenvalue weighted by atomic mass is 10.0. The van der Waals surface area contributed by atoms with E-state index in [-0.39, 0.29) is 17.5 Å². The maximum absolute atomic E-state index is 14.7. The van der Waals surface area contributed by atoms with Crippen LogP contribution in [0.1, 0.15) is 0 Å². The Balaban J connectivity index is 1.94. The number of aromatic nitrogens is 3. The fourth-order valence-corrected chi connectivity index (χ4v) is 4.89. The molecule has 0 radical (unpaired) electrons. The van der Waals surface area contributed by atoms with Crippen molar-refractivity contribution in [3.8, 4) is 0 Å².